The number of nitrogens with zero attached hydrogens (tertiary/aromatic N) is 4. The Hall–Kier alpha value is -4.85. The van der Waals surface area contributed by atoms with Crippen molar-refractivity contribution in [3.05, 3.63) is 79.4 Å². The molecule has 5 heterocycles. The van der Waals surface area contributed by atoms with Gasteiger partial charge in [0.15, 0.2) is 0 Å². The van der Waals surface area contributed by atoms with E-state index in [1.807, 2.05) is 36.4 Å². The van der Waals surface area contributed by atoms with Crippen molar-refractivity contribution in [1.29, 1.82) is 0 Å². The first kappa shape index (κ1) is 20.5. The topological polar surface area (TPSA) is 112 Å². The van der Waals surface area contributed by atoms with E-state index in [0.29, 0.717) is 5.69 Å². The Kier molecular flexibility index (Phi) is 4.63. The van der Waals surface area contributed by atoms with Gasteiger partial charge in [-0.2, -0.15) is 5.10 Å². The zero-order chi connectivity index (χ0) is 24.1. The molecule has 5 aromatic heterocycles. The molecule has 6 aromatic rings. The van der Waals surface area contributed by atoms with Crippen molar-refractivity contribution in [2.75, 3.05) is 5.32 Å². The smallest absolute Gasteiger partial charge is 0.227 e. The van der Waals surface area contributed by atoms with Gasteiger partial charge in [0.1, 0.15) is 11.2 Å². The minimum Gasteiger partial charge on any atom is -0.353 e. The SMILES string of the molecule is O=C(Nc1cncc(-c2ccc3[nH]nc(-c4cc5c(-c6ccncc6)cccc5[nH]4)c3n2)c1)C1CC1. The average molecular weight is 472 g/mol. The summed E-state index contributed by atoms with van der Waals surface area (Å²) >= 11 is 0. The van der Waals surface area contributed by atoms with Gasteiger partial charge in [-0.25, -0.2) is 4.98 Å². The molecule has 1 fully saturated rings. The number of fused-ring (bicyclic) bond motifs is 2. The van der Waals surface area contributed by atoms with Gasteiger partial charge in [-0.15, -0.1) is 0 Å². The normalized spacial score (nSPS) is 13.3. The quantitative estimate of drug-likeness (QED) is 0.304. The van der Waals surface area contributed by atoms with Crippen LogP contribution in [0, 0.1) is 5.92 Å². The molecule has 8 heteroatoms. The molecule has 0 saturated heterocycles. The van der Waals surface area contributed by atoms with Gasteiger partial charge in [-0.3, -0.25) is 19.9 Å². The number of hydrogen-bond donors (Lipinski definition) is 3. The van der Waals surface area contributed by atoms with Crippen LogP contribution in [-0.2, 0) is 4.79 Å². The summed E-state index contributed by atoms with van der Waals surface area (Å²) in [5, 5.41) is 11.7. The van der Waals surface area contributed by atoms with E-state index in [9.17, 15) is 4.79 Å². The van der Waals surface area contributed by atoms with Crippen molar-refractivity contribution in [2.45, 2.75) is 12.8 Å². The zero-order valence-electron chi connectivity index (χ0n) is 19.2. The molecule has 0 spiro atoms. The van der Waals surface area contributed by atoms with Gasteiger partial charge < -0.3 is 10.3 Å². The number of aromatic amines is 2. The third-order valence-corrected chi connectivity index (χ3v) is 6.57. The molecule has 1 aliphatic rings. The maximum atomic E-state index is 12.2. The predicted molar refractivity (Wildman–Crippen MR) is 139 cm³/mol. The van der Waals surface area contributed by atoms with E-state index in [1.54, 1.807) is 24.8 Å². The first-order valence-electron chi connectivity index (χ1n) is 11.9. The van der Waals surface area contributed by atoms with Crippen LogP contribution in [0.5, 0.6) is 0 Å². The predicted octanol–water partition coefficient (Wildman–Crippen LogP) is 5.58. The maximum absolute atomic E-state index is 12.2. The molecule has 3 N–H and O–H groups in total. The molecule has 36 heavy (non-hydrogen) atoms. The largest absolute Gasteiger partial charge is 0.353 e. The molecule has 0 aliphatic heterocycles. The molecule has 1 aliphatic carbocycles. The third-order valence-electron chi connectivity index (χ3n) is 6.57. The van der Waals surface area contributed by atoms with Gasteiger partial charge in [0.2, 0.25) is 5.91 Å². The number of benzene rings is 1. The van der Waals surface area contributed by atoms with Gasteiger partial charge in [0.25, 0.3) is 0 Å². The first-order valence-corrected chi connectivity index (χ1v) is 11.9. The second kappa shape index (κ2) is 8.13. The summed E-state index contributed by atoms with van der Waals surface area (Å²) in [5.41, 5.74) is 8.75. The number of rotatable bonds is 5. The number of nitrogens with one attached hydrogen (secondary N) is 3. The fourth-order valence-corrected chi connectivity index (χ4v) is 4.55. The van der Waals surface area contributed by atoms with Crippen molar-refractivity contribution in [3.63, 3.8) is 0 Å². The van der Waals surface area contributed by atoms with Crippen molar-refractivity contribution in [3.8, 4) is 33.8 Å². The lowest BCUT2D eigenvalue weighted by molar-refractivity contribution is -0.117. The van der Waals surface area contributed by atoms with Crippen LogP contribution in [0.25, 0.3) is 55.7 Å². The van der Waals surface area contributed by atoms with Crippen LogP contribution in [0.15, 0.2) is 79.4 Å². The van der Waals surface area contributed by atoms with Crippen LogP contribution in [0.4, 0.5) is 5.69 Å². The van der Waals surface area contributed by atoms with E-state index >= 15 is 0 Å². The number of anilines is 1. The van der Waals surface area contributed by atoms with Crippen LogP contribution >= 0.6 is 0 Å². The van der Waals surface area contributed by atoms with Crippen LogP contribution in [0.3, 0.4) is 0 Å². The van der Waals surface area contributed by atoms with Crippen LogP contribution < -0.4 is 5.32 Å². The van der Waals surface area contributed by atoms with Crippen molar-refractivity contribution in [1.82, 2.24) is 30.1 Å². The van der Waals surface area contributed by atoms with E-state index in [2.05, 4.69) is 48.7 Å². The van der Waals surface area contributed by atoms with E-state index in [0.717, 1.165) is 68.6 Å². The molecule has 0 radical (unpaired) electrons. The van der Waals surface area contributed by atoms with Gasteiger partial charge in [0.05, 0.1) is 28.8 Å². The Morgan fingerprint density at radius 3 is 2.67 bits per heavy atom. The summed E-state index contributed by atoms with van der Waals surface area (Å²) in [4.78, 5) is 29.1. The first-order chi connectivity index (χ1) is 17.7. The van der Waals surface area contributed by atoms with Crippen LogP contribution in [0.1, 0.15) is 12.8 Å². The Balaban J connectivity index is 1.28. The molecule has 0 unspecified atom stereocenters. The van der Waals surface area contributed by atoms with Gasteiger partial charge >= 0.3 is 0 Å². The lowest BCUT2D eigenvalue weighted by Crippen LogP contribution is -2.13. The molecular formula is C28H21N7O. The number of hydrogen-bond acceptors (Lipinski definition) is 5. The lowest BCUT2D eigenvalue weighted by Gasteiger charge is -2.06. The Morgan fingerprint density at radius 1 is 0.917 bits per heavy atom. The van der Waals surface area contributed by atoms with Gasteiger partial charge in [-0.05, 0) is 66.4 Å². The average Bonchev–Trinajstić information content (AvgIpc) is 3.55. The van der Waals surface area contributed by atoms with E-state index in [-0.39, 0.29) is 11.8 Å². The number of pyridine rings is 3. The van der Waals surface area contributed by atoms with Crippen molar-refractivity contribution < 1.29 is 4.79 Å². The summed E-state index contributed by atoms with van der Waals surface area (Å²) in [6.07, 6.45) is 8.93. The Bertz CT molecular complexity index is 1750. The molecule has 1 amide bonds. The van der Waals surface area contributed by atoms with Crippen LogP contribution in [0.2, 0.25) is 0 Å². The molecule has 8 nitrogen and oxygen atoms in total. The molecule has 1 saturated carbocycles. The minimum absolute atomic E-state index is 0.0550. The van der Waals surface area contributed by atoms with Gasteiger partial charge in [0, 0.05) is 41.0 Å². The third kappa shape index (κ3) is 3.60. The molecule has 7 rings (SSSR count). The summed E-state index contributed by atoms with van der Waals surface area (Å²) in [7, 11) is 0. The fourth-order valence-electron chi connectivity index (χ4n) is 4.55. The van der Waals surface area contributed by atoms with Gasteiger partial charge in [-0.1, -0.05) is 12.1 Å². The monoisotopic (exact) mass is 471 g/mol. The number of H-pyrrole nitrogens is 2. The lowest BCUT2D eigenvalue weighted by atomic mass is 10.0. The van der Waals surface area contributed by atoms with Crippen molar-refractivity contribution in [2.24, 2.45) is 5.92 Å². The number of aromatic nitrogens is 6. The molecule has 0 atom stereocenters. The summed E-state index contributed by atoms with van der Waals surface area (Å²) in [6, 6.07) is 18.1. The second-order valence-electron chi connectivity index (χ2n) is 9.08. The summed E-state index contributed by atoms with van der Waals surface area (Å²) < 4.78 is 0. The fraction of sp³-hybridized carbons (Fsp3) is 0.107. The van der Waals surface area contributed by atoms with E-state index < -0.39 is 0 Å². The molecule has 174 valence electrons. The number of carbonyl (C=O) groups is 1. The summed E-state index contributed by atoms with van der Waals surface area (Å²) in [5.74, 6) is 0.187. The molecule has 1 aromatic carbocycles. The maximum Gasteiger partial charge on any atom is 0.227 e. The highest BCUT2D eigenvalue weighted by atomic mass is 16.2. The second-order valence-corrected chi connectivity index (χ2v) is 9.08. The highest BCUT2D eigenvalue weighted by molar-refractivity contribution is 6.00. The highest BCUT2D eigenvalue weighted by Crippen LogP contribution is 2.34. The molecular weight excluding hydrogens is 450 g/mol. The zero-order valence-corrected chi connectivity index (χ0v) is 19.2. The van der Waals surface area contributed by atoms with Crippen molar-refractivity contribution >= 4 is 33.5 Å². The minimum atomic E-state index is 0.0550. The Labute approximate surface area is 205 Å². The van der Waals surface area contributed by atoms with E-state index in [4.69, 9.17) is 4.98 Å². The van der Waals surface area contributed by atoms with E-state index in [1.165, 1.54) is 0 Å². The summed E-state index contributed by atoms with van der Waals surface area (Å²) in [6.45, 7) is 0. The Morgan fingerprint density at radius 2 is 1.81 bits per heavy atom. The number of carbonyl (C=O) groups excluding carboxylic acids is 1. The van der Waals surface area contributed by atoms with Crippen LogP contribution in [-0.4, -0.2) is 36.0 Å². The standard InChI is InChI=1S/C28H21N7O/c36-28(17-4-5-17)31-19-12-18(14-30-15-19)22-6-7-24-26(33-22)27(35-34-24)25-13-21-20(2-1-3-23(21)32-25)16-8-10-29-11-9-16/h1-3,6-15,17,32H,4-5H2,(H,31,36)(H,34,35). The molecule has 0 bridgehead atoms. The number of amides is 1. The highest BCUT2D eigenvalue weighted by Gasteiger charge is 2.29.